The zero-order valence-corrected chi connectivity index (χ0v) is 31.8. The van der Waals surface area contributed by atoms with Gasteiger partial charge in [0.2, 0.25) is 10.0 Å². The van der Waals surface area contributed by atoms with Crippen LogP contribution in [0.2, 0.25) is 0 Å². The molecule has 4 heterocycles. The summed E-state index contributed by atoms with van der Waals surface area (Å²) in [6.07, 6.45) is 9.63. The maximum absolute atomic E-state index is 14.2. The molecule has 1 saturated heterocycles. The first-order valence-electron chi connectivity index (χ1n) is 18.5. The van der Waals surface area contributed by atoms with Crippen molar-refractivity contribution in [1.29, 1.82) is 0 Å². The van der Waals surface area contributed by atoms with E-state index in [1.54, 1.807) is 37.9 Å². The van der Waals surface area contributed by atoms with Crippen LogP contribution in [0.5, 0.6) is 5.75 Å². The molecule has 12 heteroatoms. The molecule has 0 radical (unpaired) electrons. The maximum atomic E-state index is 14.2. The highest BCUT2D eigenvalue weighted by atomic mass is 32.2. The Balaban J connectivity index is 1.43. The Bertz CT molecular complexity index is 2170. The fraction of sp³-hybridized carbons (Fsp3) is 0.475. The second-order valence-electron chi connectivity index (χ2n) is 14.7. The number of ether oxygens (including phenoxy) is 2. The predicted octanol–water partition coefficient (Wildman–Crippen LogP) is 6.76. The van der Waals surface area contributed by atoms with E-state index in [0.717, 1.165) is 64.7 Å². The number of fused-ring (bicyclic) bond motifs is 5. The molecule has 4 aromatic rings. The van der Waals surface area contributed by atoms with Crippen molar-refractivity contribution in [2.45, 2.75) is 96.1 Å². The minimum Gasteiger partial charge on any atom is -0.497 e. The summed E-state index contributed by atoms with van der Waals surface area (Å²) in [7, 11) is -0.331. The molecule has 11 nitrogen and oxygen atoms in total. The lowest BCUT2D eigenvalue weighted by atomic mass is 9.81. The first kappa shape index (κ1) is 36.0. The van der Waals surface area contributed by atoms with Gasteiger partial charge in [0, 0.05) is 42.2 Å². The molecule has 2 aliphatic heterocycles. The van der Waals surface area contributed by atoms with Crippen molar-refractivity contribution >= 4 is 44.4 Å². The van der Waals surface area contributed by atoms with Gasteiger partial charge in [-0.25, -0.2) is 13.1 Å². The van der Waals surface area contributed by atoms with E-state index in [0.29, 0.717) is 43.2 Å². The summed E-state index contributed by atoms with van der Waals surface area (Å²) in [6, 6.07) is 11.7. The maximum Gasteiger partial charge on any atom is 0.264 e. The molecule has 1 saturated carbocycles. The molecule has 2 aromatic heterocycles. The molecule has 0 bridgehead atoms. The van der Waals surface area contributed by atoms with Crippen molar-refractivity contribution in [3.8, 4) is 17.0 Å². The highest BCUT2D eigenvalue weighted by Gasteiger charge is 2.34. The van der Waals surface area contributed by atoms with Crippen LogP contribution in [0.25, 0.3) is 33.8 Å². The quantitative estimate of drug-likeness (QED) is 0.213. The van der Waals surface area contributed by atoms with Crippen LogP contribution in [0, 0.1) is 0 Å². The number of nitrogens with one attached hydrogen (secondary N) is 1. The number of morpholine rings is 1. The second kappa shape index (κ2) is 14.2. The van der Waals surface area contributed by atoms with Crippen LogP contribution < -0.4 is 9.46 Å². The van der Waals surface area contributed by atoms with Gasteiger partial charge in [0.1, 0.15) is 5.75 Å². The first-order chi connectivity index (χ1) is 24.9. The number of sulfonamides is 1. The van der Waals surface area contributed by atoms with Crippen LogP contribution in [0.15, 0.2) is 42.6 Å². The number of methoxy groups -OCH3 is 1. The van der Waals surface area contributed by atoms with Gasteiger partial charge in [-0.2, -0.15) is 5.10 Å². The van der Waals surface area contributed by atoms with Gasteiger partial charge in [-0.3, -0.25) is 14.3 Å². The number of amides is 2. The summed E-state index contributed by atoms with van der Waals surface area (Å²) in [4.78, 5) is 29.7. The monoisotopic (exact) mass is 727 g/mol. The minimum atomic E-state index is -3.85. The number of nitrogens with zero attached hydrogens (tertiary/aromatic N) is 4. The van der Waals surface area contributed by atoms with E-state index in [9.17, 15) is 18.0 Å². The van der Waals surface area contributed by atoms with Gasteiger partial charge in [-0.05, 0) is 99.1 Å². The van der Waals surface area contributed by atoms with Crippen molar-refractivity contribution < 1.29 is 27.5 Å². The van der Waals surface area contributed by atoms with Crippen molar-refractivity contribution in [2.24, 2.45) is 7.05 Å². The Morgan fingerprint density at radius 1 is 1.04 bits per heavy atom. The number of aryl methyl sites for hydroxylation is 1. The first-order valence-corrected chi connectivity index (χ1v) is 20.0. The molecule has 3 atom stereocenters. The molecular weight excluding hydrogens is 679 g/mol. The number of rotatable bonds is 8. The minimum absolute atomic E-state index is 0.0807. The normalized spacial score (nSPS) is 20.1. The van der Waals surface area contributed by atoms with Gasteiger partial charge in [-0.15, -0.1) is 0 Å². The van der Waals surface area contributed by atoms with Crippen molar-refractivity contribution in [1.82, 2.24) is 24.0 Å². The standard InChI is InChI=1S/C40H49N5O6S/c1-7-26(4)52(48,49)42-39(46)28-13-15-33-35(19-28)45-23-30(37-34(20-41-43(37)5)40(47)44-21-24(2)51-25(3)22-44)17-29-18-31(50-6)14-16-32(29)38(45)36(33)27-11-9-8-10-12-27/h13-20,24-27H,7-12,21-23H2,1-6H3,(H,42,46)/t24-,25+,26?. The molecule has 276 valence electrons. The molecule has 2 fully saturated rings. The largest absolute Gasteiger partial charge is 0.497 e. The van der Waals surface area contributed by atoms with E-state index in [4.69, 9.17) is 9.47 Å². The molecule has 7 rings (SSSR count). The zero-order chi connectivity index (χ0) is 36.9. The third kappa shape index (κ3) is 6.55. The number of hydrogen-bond donors (Lipinski definition) is 1. The molecule has 0 spiro atoms. The van der Waals surface area contributed by atoms with Crippen LogP contribution in [-0.2, 0) is 28.4 Å². The van der Waals surface area contributed by atoms with Crippen molar-refractivity contribution in [3.05, 3.63) is 70.5 Å². The fourth-order valence-electron chi connectivity index (χ4n) is 8.32. The Hall–Kier alpha value is -4.42. The van der Waals surface area contributed by atoms with Crippen LogP contribution in [0.1, 0.15) is 110 Å². The van der Waals surface area contributed by atoms with Gasteiger partial charge in [0.25, 0.3) is 11.8 Å². The smallest absolute Gasteiger partial charge is 0.264 e. The van der Waals surface area contributed by atoms with Gasteiger partial charge in [0.05, 0.1) is 54.3 Å². The van der Waals surface area contributed by atoms with E-state index in [-0.39, 0.29) is 23.7 Å². The number of carbonyl (C=O) groups excluding carboxylic acids is 2. The number of allylic oxidation sites excluding steroid dienone is 1. The lowest BCUT2D eigenvalue weighted by Gasteiger charge is -2.35. The SMILES string of the molecule is CCC(C)S(=O)(=O)NC(=O)c1ccc2c(C3CCCCC3)c3n(c2c1)CC(c1c(C(=O)N2C[C@@H](C)O[C@@H](C)C2)cnn1C)=Cc1cc(OC)ccc1-3. The second-order valence-corrected chi connectivity index (χ2v) is 16.8. The Kier molecular flexibility index (Phi) is 9.81. The van der Waals surface area contributed by atoms with Gasteiger partial charge in [0.15, 0.2) is 0 Å². The summed E-state index contributed by atoms with van der Waals surface area (Å²) in [5, 5.41) is 4.95. The van der Waals surface area contributed by atoms with E-state index in [1.165, 1.54) is 12.0 Å². The third-order valence-corrected chi connectivity index (χ3v) is 12.9. The number of benzene rings is 2. The molecule has 1 aliphatic carbocycles. The van der Waals surface area contributed by atoms with E-state index in [1.807, 2.05) is 50.1 Å². The summed E-state index contributed by atoms with van der Waals surface area (Å²) < 4.78 is 43.8. The van der Waals surface area contributed by atoms with Crippen LogP contribution in [-0.4, -0.2) is 77.1 Å². The highest BCUT2D eigenvalue weighted by molar-refractivity contribution is 7.90. The molecule has 52 heavy (non-hydrogen) atoms. The fourth-order valence-corrected chi connectivity index (χ4v) is 9.34. The predicted molar refractivity (Wildman–Crippen MR) is 203 cm³/mol. The average molecular weight is 728 g/mol. The number of carbonyl (C=O) groups is 2. The van der Waals surface area contributed by atoms with Crippen LogP contribution >= 0.6 is 0 Å². The summed E-state index contributed by atoms with van der Waals surface area (Å²) in [6.45, 7) is 8.72. The van der Waals surface area contributed by atoms with Gasteiger partial charge < -0.3 is 18.9 Å². The molecule has 2 amide bonds. The van der Waals surface area contributed by atoms with Crippen molar-refractivity contribution in [2.75, 3.05) is 20.2 Å². The number of aromatic nitrogens is 3. The molecule has 1 unspecified atom stereocenters. The molecule has 3 aliphatic rings. The van der Waals surface area contributed by atoms with Crippen LogP contribution in [0.3, 0.4) is 0 Å². The molecule has 1 N–H and O–H groups in total. The van der Waals surface area contributed by atoms with E-state index in [2.05, 4.69) is 26.5 Å². The Labute approximate surface area is 306 Å². The van der Waals surface area contributed by atoms with Crippen LogP contribution in [0.4, 0.5) is 0 Å². The lowest BCUT2D eigenvalue weighted by molar-refractivity contribution is -0.0586. The lowest BCUT2D eigenvalue weighted by Crippen LogP contribution is -2.48. The highest BCUT2D eigenvalue weighted by Crippen LogP contribution is 2.48. The van der Waals surface area contributed by atoms with Gasteiger partial charge in [-0.1, -0.05) is 32.3 Å². The Morgan fingerprint density at radius 2 is 1.77 bits per heavy atom. The Morgan fingerprint density at radius 3 is 2.46 bits per heavy atom. The zero-order valence-electron chi connectivity index (χ0n) is 30.9. The summed E-state index contributed by atoms with van der Waals surface area (Å²) >= 11 is 0. The summed E-state index contributed by atoms with van der Waals surface area (Å²) in [5.74, 6) is 0.286. The van der Waals surface area contributed by atoms with E-state index >= 15 is 0 Å². The summed E-state index contributed by atoms with van der Waals surface area (Å²) in [5.41, 5.74) is 7.52. The third-order valence-electron chi connectivity index (χ3n) is 11.1. The average Bonchev–Trinajstić information content (AvgIpc) is 3.61. The topological polar surface area (TPSA) is 125 Å². The van der Waals surface area contributed by atoms with E-state index < -0.39 is 21.2 Å². The van der Waals surface area contributed by atoms with Gasteiger partial charge >= 0.3 is 0 Å². The number of hydrogen-bond acceptors (Lipinski definition) is 7. The van der Waals surface area contributed by atoms with Crippen molar-refractivity contribution in [3.63, 3.8) is 0 Å². The molecular formula is C40H49N5O6S. The molecule has 2 aromatic carbocycles.